The van der Waals surface area contributed by atoms with E-state index in [2.05, 4.69) is 28.9 Å². The van der Waals surface area contributed by atoms with E-state index in [0.717, 1.165) is 16.6 Å². The highest BCUT2D eigenvalue weighted by molar-refractivity contribution is 9.10. The minimum absolute atomic E-state index is 0.00866. The second-order valence-corrected chi connectivity index (χ2v) is 6.37. The maximum atomic E-state index is 12.8. The van der Waals surface area contributed by atoms with Gasteiger partial charge in [0.05, 0.1) is 0 Å². The molecule has 0 aromatic heterocycles. The van der Waals surface area contributed by atoms with Crippen molar-refractivity contribution in [3.63, 3.8) is 0 Å². The van der Waals surface area contributed by atoms with E-state index in [4.69, 9.17) is 11.6 Å². The van der Waals surface area contributed by atoms with Gasteiger partial charge in [0.2, 0.25) is 0 Å². The van der Waals surface area contributed by atoms with E-state index < -0.39 is 0 Å². The average molecular weight is 351 g/mol. The van der Waals surface area contributed by atoms with Crippen molar-refractivity contribution in [2.75, 3.05) is 4.90 Å². The minimum Gasteiger partial charge on any atom is -0.305 e. The third-order valence-corrected chi connectivity index (χ3v) is 4.21. The number of para-hydroxylation sites is 1. The van der Waals surface area contributed by atoms with Crippen LogP contribution in [0.5, 0.6) is 0 Å². The summed E-state index contributed by atoms with van der Waals surface area (Å²) >= 11 is 9.42. The molecule has 0 saturated carbocycles. The van der Waals surface area contributed by atoms with Crippen molar-refractivity contribution in [1.82, 2.24) is 0 Å². The van der Waals surface area contributed by atoms with Gasteiger partial charge in [-0.2, -0.15) is 0 Å². The predicted molar refractivity (Wildman–Crippen MR) is 85.6 cm³/mol. The fraction of sp³-hybridized carbons (Fsp3) is 0.188. The largest absolute Gasteiger partial charge is 0.305 e. The van der Waals surface area contributed by atoms with Crippen LogP contribution in [0.4, 0.5) is 5.69 Å². The summed E-state index contributed by atoms with van der Waals surface area (Å²) in [4.78, 5) is 14.6. The molecule has 0 spiro atoms. The van der Waals surface area contributed by atoms with Gasteiger partial charge in [-0.15, -0.1) is 0 Å². The van der Waals surface area contributed by atoms with Crippen molar-refractivity contribution >= 4 is 39.1 Å². The number of rotatable bonds is 1. The topological polar surface area (TPSA) is 20.3 Å². The molecule has 2 nitrogen and oxygen atoms in total. The molecule has 2 aromatic carbocycles. The van der Waals surface area contributed by atoms with Crippen LogP contribution in [0.3, 0.4) is 0 Å². The molecule has 0 saturated heterocycles. The number of carbonyl (C=O) groups excluding carboxylic acids is 1. The standard InChI is InChI=1S/C16H13BrClNO/c1-10-6-11-4-2-3-5-15(11)19(10)16(20)12-7-13(17)9-14(18)8-12/h2-5,7-10H,6H2,1H3. The summed E-state index contributed by atoms with van der Waals surface area (Å²) in [5.41, 5.74) is 2.82. The van der Waals surface area contributed by atoms with Gasteiger partial charge in [0.1, 0.15) is 0 Å². The van der Waals surface area contributed by atoms with Crippen LogP contribution in [-0.4, -0.2) is 11.9 Å². The lowest BCUT2D eigenvalue weighted by Crippen LogP contribution is -2.35. The number of halogens is 2. The van der Waals surface area contributed by atoms with Crippen molar-refractivity contribution < 1.29 is 4.79 Å². The van der Waals surface area contributed by atoms with Crippen LogP contribution in [-0.2, 0) is 6.42 Å². The number of benzene rings is 2. The van der Waals surface area contributed by atoms with E-state index in [9.17, 15) is 4.79 Å². The zero-order valence-electron chi connectivity index (χ0n) is 10.9. The Labute approximate surface area is 131 Å². The normalized spacial score (nSPS) is 17.1. The Morgan fingerprint density at radius 2 is 2.05 bits per heavy atom. The van der Waals surface area contributed by atoms with Gasteiger partial charge in [-0.1, -0.05) is 45.7 Å². The van der Waals surface area contributed by atoms with Gasteiger partial charge in [0, 0.05) is 26.8 Å². The number of carbonyl (C=O) groups is 1. The lowest BCUT2D eigenvalue weighted by molar-refractivity contribution is 0.0981. The highest BCUT2D eigenvalue weighted by atomic mass is 79.9. The minimum atomic E-state index is -0.00866. The molecule has 1 unspecified atom stereocenters. The van der Waals surface area contributed by atoms with Crippen LogP contribution in [0.2, 0.25) is 5.02 Å². The molecule has 102 valence electrons. The number of nitrogens with zero attached hydrogens (tertiary/aromatic N) is 1. The summed E-state index contributed by atoms with van der Waals surface area (Å²) in [6.07, 6.45) is 0.893. The Morgan fingerprint density at radius 3 is 2.80 bits per heavy atom. The zero-order valence-corrected chi connectivity index (χ0v) is 13.3. The van der Waals surface area contributed by atoms with Crippen LogP contribution < -0.4 is 4.90 Å². The Hall–Kier alpha value is -1.32. The highest BCUT2D eigenvalue weighted by Crippen LogP contribution is 2.33. The van der Waals surface area contributed by atoms with Crippen molar-refractivity contribution in [2.45, 2.75) is 19.4 Å². The summed E-state index contributed by atoms with van der Waals surface area (Å²) in [5, 5.41) is 0.558. The predicted octanol–water partition coefficient (Wildman–Crippen LogP) is 4.69. The summed E-state index contributed by atoms with van der Waals surface area (Å²) < 4.78 is 0.813. The summed E-state index contributed by atoms with van der Waals surface area (Å²) in [6, 6.07) is 13.5. The van der Waals surface area contributed by atoms with Gasteiger partial charge >= 0.3 is 0 Å². The molecule has 0 radical (unpaired) electrons. The molecular weight excluding hydrogens is 338 g/mol. The summed E-state index contributed by atoms with van der Waals surface area (Å²) in [6.45, 7) is 2.07. The van der Waals surface area contributed by atoms with Gasteiger partial charge in [0.25, 0.3) is 5.91 Å². The number of amides is 1. The van der Waals surface area contributed by atoms with Crippen LogP contribution >= 0.6 is 27.5 Å². The molecule has 4 heteroatoms. The quantitative estimate of drug-likeness (QED) is 0.730. The maximum Gasteiger partial charge on any atom is 0.258 e. The molecule has 1 amide bonds. The average Bonchev–Trinajstić information content (AvgIpc) is 2.72. The number of hydrogen-bond donors (Lipinski definition) is 0. The Kier molecular flexibility index (Phi) is 3.57. The van der Waals surface area contributed by atoms with E-state index in [1.807, 2.05) is 29.2 Å². The molecule has 2 aromatic rings. The second kappa shape index (κ2) is 5.23. The molecule has 0 bridgehead atoms. The summed E-state index contributed by atoms with van der Waals surface area (Å²) in [7, 11) is 0. The van der Waals surface area contributed by atoms with Crippen molar-refractivity contribution in [1.29, 1.82) is 0 Å². The number of hydrogen-bond acceptors (Lipinski definition) is 1. The molecule has 0 fully saturated rings. The molecule has 20 heavy (non-hydrogen) atoms. The van der Waals surface area contributed by atoms with E-state index in [0.29, 0.717) is 10.6 Å². The van der Waals surface area contributed by atoms with Crippen molar-refractivity contribution in [2.24, 2.45) is 0 Å². The summed E-state index contributed by atoms with van der Waals surface area (Å²) in [5.74, 6) is -0.00866. The third kappa shape index (κ3) is 2.36. The Morgan fingerprint density at radius 1 is 1.30 bits per heavy atom. The molecule has 1 heterocycles. The molecule has 0 aliphatic carbocycles. The maximum absolute atomic E-state index is 12.8. The van der Waals surface area contributed by atoms with Crippen LogP contribution in [0.1, 0.15) is 22.8 Å². The monoisotopic (exact) mass is 349 g/mol. The molecule has 1 aliphatic rings. The SMILES string of the molecule is CC1Cc2ccccc2N1C(=O)c1cc(Cl)cc(Br)c1. The number of fused-ring (bicyclic) bond motifs is 1. The lowest BCUT2D eigenvalue weighted by Gasteiger charge is -2.23. The molecule has 1 atom stereocenters. The van der Waals surface area contributed by atoms with Gasteiger partial charge < -0.3 is 4.90 Å². The van der Waals surface area contributed by atoms with Gasteiger partial charge in [-0.05, 0) is 43.2 Å². The smallest absolute Gasteiger partial charge is 0.258 e. The van der Waals surface area contributed by atoms with E-state index in [-0.39, 0.29) is 11.9 Å². The van der Waals surface area contributed by atoms with Crippen LogP contribution in [0.25, 0.3) is 0 Å². The van der Waals surface area contributed by atoms with E-state index in [1.165, 1.54) is 5.56 Å². The molecule has 0 N–H and O–H groups in total. The van der Waals surface area contributed by atoms with Gasteiger partial charge in [-0.3, -0.25) is 4.79 Å². The first-order valence-electron chi connectivity index (χ1n) is 6.44. The first-order valence-corrected chi connectivity index (χ1v) is 7.61. The van der Waals surface area contributed by atoms with Crippen molar-refractivity contribution in [3.8, 4) is 0 Å². The van der Waals surface area contributed by atoms with E-state index >= 15 is 0 Å². The van der Waals surface area contributed by atoms with Crippen molar-refractivity contribution in [3.05, 3.63) is 63.1 Å². The van der Waals surface area contributed by atoms with E-state index in [1.54, 1.807) is 12.1 Å². The Bertz CT molecular complexity index is 666. The fourth-order valence-corrected chi connectivity index (χ4v) is 3.55. The van der Waals surface area contributed by atoms with Crippen LogP contribution in [0, 0.1) is 0 Å². The first-order chi connectivity index (χ1) is 9.56. The zero-order chi connectivity index (χ0) is 14.3. The third-order valence-electron chi connectivity index (χ3n) is 3.54. The number of anilines is 1. The molecular formula is C16H13BrClNO. The van der Waals surface area contributed by atoms with Crippen LogP contribution in [0.15, 0.2) is 46.9 Å². The molecule has 1 aliphatic heterocycles. The molecule has 3 rings (SSSR count). The van der Waals surface area contributed by atoms with Gasteiger partial charge in [-0.25, -0.2) is 0 Å². The lowest BCUT2D eigenvalue weighted by atomic mass is 10.1. The highest BCUT2D eigenvalue weighted by Gasteiger charge is 2.31. The first kappa shape index (κ1) is 13.7. The van der Waals surface area contributed by atoms with Gasteiger partial charge in [0.15, 0.2) is 0 Å². The second-order valence-electron chi connectivity index (χ2n) is 5.02. The Balaban J connectivity index is 2.02. The fourth-order valence-electron chi connectivity index (χ4n) is 2.69.